The number of fused-ring (bicyclic) bond motifs is 2. The van der Waals surface area contributed by atoms with Crippen LogP contribution >= 0.6 is 0 Å². The van der Waals surface area contributed by atoms with Gasteiger partial charge in [-0.1, -0.05) is 30.3 Å². The lowest BCUT2D eigenvalue weighted by Crippen LogP contribution is -2.08. The maximum atomic E-state index is 12.5. The third kappa shape index (κ3) is 2.29. The summed E-state index contributed by atoms with van der Waals surface area (Å²) in [4.78, 5) is 23.6. The summed E-state index contributed by atoms with van der Waals surface area (Å²) in [6.07, 6.45) is 0. The van der Waals surface area contributed by atoms with E-state index in [4.69, 9.17) is 9.84 Å². The van der Waals surface area contributed by atoms with Crippen molar-refractivity contribution in [1.29, 1.82) is 0 Å². The minimum atomic E-state index is -0.904. The highest BCUT2D eigenvalue weighted by Crippen LogP contribution is 2.31. The molecule has 1 N–H and O–H groups in total. The molecule has 0 spiro atoms. The second-order valence-corrected chi connectivity index (χ2v) is 5.09. The molecule has 21 heavy (non-hydrogen) atoms. The molecule has 0 amide bonds. The average Bonchev–Trinajstić information content (AvgIpc) is 2.64. The summed E-state index contributed by atoms with van der Waals surface area (Å²) in [7, 11) is 0. The van der Waals surface area contributed by atoms with Crippen LogP contribution in [0.15, 0.2) is 42.5 Å². The molecule has 0 bridgehead atoms. The predicted molar refractivity (Wildman–Crippen MR) is 76.7 cm³/mol. The third-order valence-corrected chi connectivity index (χ3v) is 3.77. The third-order valence-electron chi connectivity index (χ3n) is 3.77. The smallest absolute Gasteiger partial charge is 0.310 e. The van der Waals surface area contributed by atoms with E-state index >= 15 is 0 Å². The molecular formula is C17H14O4. The number of carbonyl (C=O) groups is 2. The fraction of sp³-hybridized carbons (Fsp3) is 0.176. The Morgan fingerprint density at radius 3 is 2.71 bits per heavy atom. The van der Waals surface area contributed by atoms with Crippen LogP contribution in [0.4, 0.5) is 0 Å². The molecule has 106 valence electrons. The fourth-order valence-corrected chi connectivity index (χ4v) is 2.43. The van der Waals surface area contributed by atoms with Crippen molar-refractivity contribution in [1.82, 2.24) is 0 Å². The van der Waals surface area contributed by atoms with E-state index in [2.05, 4.69) is 0 Å². The Morgan fingerprint density at radius 2 is 1.95 bits per heavy atom. The van der Waals surface area contributed by atoms with Crippen molar-refractivity contribution in [3.8, 4) is 5.75 Å². The minimum absolute atomic E-state index is 0.0902. The molecule has 0 radical (unpaired) electrons. The van der Waals surface area contributed by atoms with Crippen LogP contribution in [0.3, 0.4) is 0 Å². The first-order valence-corrected chi connectivity index (χ1v) is 6.70. The van der Waals surface area contributed by atoms with E-state index in [1.807, 2.05) is 18.2 Å². The highest BCUT2D eigenvalue weighted by Gasteiger charge is 2.23. The van der Waals surface area contributed by atoms with Gasteiger partial charge in [0.25, 0.3) is 0 Å². The van der Waals surface area contributed by atoms with Gasteiger partial charge in [0.05, 0.1) is 11.5 Å². The number of carbonyl (C=O) groups excluding carboxylic acids is 1. The molecule has 0 saturated heterocycles. The number of carboxylic acid groups (broad SMARTS) is 1. The van der Waals surface area contributed by atoms with Gasteiger partial charge in [-0.3, -0.25) is 9.59 Å². The summed E-state index contributed by atoms with van der Waals surface area (Å²) in [5.41, 5.74) is 2.57. The topological polar surface area (TPSA) is 63.6 Å². The zero-order valence-electron chi connectivity index (χ0n) is 11.5. The molecule has 0 fully saturated rings. The lowest BCUT2D eigenvalue weighted by atomic mass is 9.95. The summed E-state index contributed by atoms with van der Waals surface area (Å²) in [6, 6.07) is 12.3. The second-order valence-electron chi connectivity index (χ2n) is 5.09. The van der Waals surface area contributed by atoms with Crippen molar-refractivity contribution in [3.63, 3.8) is 0 Å². The number of aliphatic carboxylic acids is 1. The van der Waals surface area contributed by atoms with Gasteiger partial charge in [0, 0.05) is 11.1 Å². The zero-order chi connectivity index (χ0) is 15.0. The van der Waals surface area contributed by atoms with E-state index in [0.717, 1.165) is 5.56 Å². The first-order valence-electron chi connectivity index (χ1n) is 6.70. The number of rotatable bonds is 2. The molecule has 4 nitrogen and oxygen atoms in total. The number of benzene rings is 2. The van der Waals surface area contributed by atoms with E-state index in [1.54, 1.807) is 31.2 Å². The number of hydrogen-bond acceptors (Lipinski definition) is 3. The molecule has 2 aromatic rings. The normalized spacial score (nSPS) is 14.4. The summed E-state index contributed by atoms with van der Waals surface area (Å²) >= 11 is 0. The largest absolute Gasteiger partial charge is 0.488 e. The van der Waals surface area contributed by atoms with Crippen LogP contribution in [-0.2, 0) is 11.4 Å². The van der Waals surface area contributed by atoms with Crippen molar-refractivity contribution < 1.29 is 19.4 Å². The molecule has 1 heterocycles. The highest BCUT2D eigenvalue weighted by molar-refractivity contribution is 6.12. The fourth-order valence-electron chi connectivity index (χ4n) is 2.43. The van der Waals surface area contributed by atoms with Crippen molar-refractivity contribution in [2.24, 2.45) is 0 Å². The van der Waals surface area contributed by atoms with Gasteiger partial charge in [-0.15, -0.1) is 0 Å². The summed E-state index contributed by atoms with van der Waals surface area (Å²) in [5.74, 6) is -1.19. The van der Waals surface area contributed by atoms with Gasteiger partial charge in [-0.25, -0.2) is 0 Å². The average molecular weight is 282 g/mol. The molecule has 0 saturated carbocycles. The molecular weight excluding hydrogens is 268 g/mol. The highest BCUT2D eigenvalue weighted by atomic mass is 16.5. The molecule has 3 rings (SSSR count). The predicted octanol–water partition coefficient (Wildman–Crippen LogP) is 3.00. The molecule has 2 aromatic carbocycles. The molecule has 1 aliphatic rings. The van der Waals surface area contributed by atoms with Gasteiger partial charge in [0.15, 0.2) is 5.78 Å². The Kier molecular flexibility index (Phi) is 3.22. The van der Waals surface area contributed by atoms with Crippen LogP contribution < -0.4 is 4.74 Å². The number of hydrogen-bond donors (Lipinski definition) is 1. The first-order chi connectivity index (χ1) is 10.1. The minimum Gasteiger partial charge on any atom is -0.488 e. The quantitative estimate of drug-likeness (QED) is 0.919. The number of ether oxygens (including phenoxy) is 1. The Balaban J connectivity index is 2.07. The zero-order valence-corrected chi connectivity index (χ0v) is 11.5. The van der Waals surface area contributed by atoms with Gasteiger partial charge in [0.1, 0.15) is 12.4 Å². The van der Waals surface area contributed by atoms with E-state index in [1.165, 1.54) is 0 Å². The van der Waals surface area contributed by atoms with Crippen molar-refractivity contribution in [2.75, 3.05) is 0 Å². The van der Waals surface area contributed by atoms with Gasteiger partial charge in [0.2, 0.25) is 0 Å². The maximum absolute atomic E-state index is 12.5. The van der Waals surface area contributed by atoms with Crippen LogP contribution in [0.5, 0.6) is 5.75 Å². The van der Waals surface area contributed by atoms with E-state index < -0.39 is 11.9 Å². The van der Waals surface area contributed by atoms with Gasteiger partial charge >= 0.3 is 5.97 Å². The molecule has 1 atom stereocenters. The van der Waals surface area contributed by atoms with Gasteiger partial charge in [-0.2, -0.15) is 0 Å². The summed E-state index contributed by atoms with van der Waals surface area (Å²) in [5, 5.41) is 9.08. The molecule has 0 aromatic heterocycles. The van der Waals surface area contributed by atoms with Gasteiger partial charge in [-0.05, 0) is 24.6 Å². The molecule has 0 aliphatic carbocycles. The van der Waals surface area contributed by atoms with Crippen LogP contribution in [0.25, 0.3) is 0 Å². The van der Waals surface area contributed by atoms with Crippen molar-refractivity contribution in [3.05, 3.63) is 64.7 Å². The van der Waals surface area contributed by atoms with Crippen LogP contribution in [0.2, 0.25) is 0 Å². The van der Waals surface area contributed by atoms with Crippen molar-refractivity contribution in [2.45, 2.75) is 19.4 Å². The van der Waals surface area contributed by atoms with E-state index in [0.29, 0.717) is 29.0 Å². The van der Waals surface area contributed by atoms with E-state index in [9.17, 15) is 9.59 Å². The van der Waals surface area contributed by atoms with Crippen LogP contribution in [0.1, 0.15) is 39.9 Å². The number of ketones is 1. The monoisotopic (exact) mass is 282 g/mol. The Morgan fingerprint density at radius 1 is 1.19 bits per heavy atom. The maximum Gasteiger partial charge on any atom is 0.310 e. The summed E-state index contributed by atoms with van der Waals surface area (Å²) in [6.45, 7) is 1.91. The second kappa shape index (κ2) is 5.05. The van der Waals surface area contributed by atoms with Gasteiger partial charge < -0.3 is 9.84 Å². The van der Waals surface area contributed by atoms with Crippen molar-refractivity contribution >= 4 is 11.8 Å². The lowest BCUT2D eigenvalue weighted by molar-refractivity contribution is -0.138. The SMILES string of the molecule is C[C@@H](C(=O)O)c1ccc2c(c1)OCc1ccccc1C2=O. The molecule has 0 unspecified atom stereocenters. The Hall–Kier alpha value is -2.62. The van der Waals surface area contributed by atoms with E-state index in [-0.39, 0.29) is 5.78 Å². The lowest BCUT2D eigenvalue weighted by Gasteiger charge is -2.11. The van der Waals surface area contributed by atoms with Crippen LogP contribution in [0, 0.1) is 0 Å². The Labute approximate surface area is 122 Å². The first kappa shape index (κ1) is 13.4. The Bertz CT molecular complexity index is 733. The molecule has 1 aliphatic heterocycles. The molecule has 4 heteroatoms. The van der Waals surface area contributed by atoms with Crippen LogP contribution in [-0.4, -0.2) is 16.9 Å². The summed E-state index contributed by atoms with van der Waals surface area (Å²) < 4.78 is 5.70. The standard InChI is InChI=1S/C17H14O4/c1-10(17(19)20)11-6-7-14-15(8-11)21-9-12-4-2-3-5-13(12)16(14)18/h2-8,10H,9H2,1H3,(H,19,20)/t10-/m1/s1. The number of carboxylic acids is 1.